The molecular formula is C10H16N. The molecule has 0 aromatic carbocycles. The van der Waals surface area contributed by atoms with Crippen molar-refractivity contribution in [1.29, 1.82) is 0 Å². The van der Waals surface area contributed by atoms with Gasteiger partial charge in [0.2, 0.25) is 0 Å². The van der Waals surface area contributed by atoms with E-state index in [1.807, 2.05) is 6.20 Å². The van der Waals surface area contributed by atoms with Gasteiger partial charge in [-0.3, -0.25) is 0 Å². The van der Waals surface area contributed by atoms with Gasteiger partial charge in [0.1, 0.15) is 0 Å². The molecule has 0 atom stereocenters. The van der Waals surface area contributed by atoms with Crippen LogP contribution in [-0.2, 0) is 6.42 Å². The van der Waals surface area contributed by atoms with Crippen LogP contribution in [0.15, 0.2) is 18.5 Å². The van der Waals surface area contributed by atoms with E-state index in [0.717, 1.165) is 6.42 Å². The fourth-order valence-corrected chi connectivity index (χ4v) is 1.20. The maximum Gasteiger partial charge on any atom is 0.00373 e. The molecule has 0 aliphatic carbocycles. The van der Waals surface area contributed by atoms with Gasteiger partial charge >= 0.3 is 0 Å². The van der Waals surface area contributed by atoms with Gasteiger partial charge in [0.05, 0.1) is 0 Å². The molecule has 0 aliphatic heterocycles. The lowest BCUT2D eigenvalue weighted by Crippen LogP contribution is -1.81. The van der Waals surface area contributed by atoms with Crippen molar-refractivity contribution < 1.29 is 0 Å². The summed E-state index contributed by atoms with van der Waals surface area (Å²) in [6, 6.07) is 2.14. The Morgan fingerprint density at radius 3 is 2.82 bits per heavy atom. The van der Waals surface area contributed by atoms with Gasteiger partial charge in [-0.15, -0.1) is 0 Å². The fraction of sp³-hybridized carbons (Fsp3) is 0.500. The summed E-state index contributed by atoms with van der Waals surface area (Å²) in [5.41, 5.74) is 1.43. The quantitative estimate of drug-likeness (QED) is 0.621. The second kappa shape index (κ2) is 5.00. The van der Waals surface area contributed by atoms with Gasteiger partial charge in [-0.2, -0.15) is 0 Å². The van der Waals surface area contributed by atoms with E-state index in [1.165, 1.54) is 31.2 Å². The Balaban J connectivity index is 2.04. The van der Waals surface area contributed by atoms with Crippen LogP contribution in [0.1, 0.15) is 31.2 Å². The van der Waals surface area contributed by atoms with Crippen molar-refractivity contribution >= 4 is 0 Å². The summed E-state index contributed by atoms with van der Waals surface area (Å²) in [6.07, 6.45) is 10.2. The number of aryl methyl sites for hydroxylation is 1. The predicted octanol–water partition coefficient (Wildman–Crippen LogP) is 2.95. The van der Waals surface area contributed by atoms with Crippen molar-refractivity contribution in [2.45, 2.75) is 32.1 Å². The number of hydrogen-bond donors (Lipinski definition) is 1. The number of hydrogen-bond acceptors (Lipinski definition) is 0. The van der Waals surface area contributed by atoms with Crippen LogP contribution in [0, 0.1) is 6.92 Å². The molecule has 61 valence electrons. The Kier molecular flexibility index (Phi) is 3.81. The fourth-order valence-electron chi connectivity index (χ4n) is 1.20. The Hall–Kier alpha value is -0.720. The first-order valence-electron chi connectivity index (χ1n) is 4.34. The number of aromatic amines is 1. The molecule has 1 heterocycles. The summed E-state index contributed by atoms with van der Waals surface area (Å²) < 4.78 is 0. The van der Waals surface area contributed by atoms with Crippen LogP contribution in [-0.4, -0.2) is 4.98 Å². The number of nitrogens with one attached hydrogen (secondary N) is 1. The molecular weight excluding hydrogens is 134 g/mol. The molecule has 0 aliphatic rings. The largest absolute Gasteiger partial charge is 0.367 e. The highest BCUT2D eigenvalue weighted by molar-refractivity contribution is 5.07. The topological polar surface area (TPSA) is 15.8 Å². The van der Waals surface area contributed by atoms with Crippen LogP contribution in [0.4, 0.5) is 0 Å². The lowest BCUT2D eigenvalue weighted by atomic mass is 10.1. The molecule has 0 fully saturated rings. The van der Waals surface area contributed by atoms with Crippen molar-refractivity contribution in [3.63, 3.8) is 0 Å². The minimum Gasteiger partial charge on any atom is -0.367 e. The third kappa shape index (κ3) is 3.26. The Morgan fingerprint density at radius 2 is 2.18 bits per heavy atom. The highest BCUT2D eigenvalue weighted by Gasteiger charge is 1.91. The third-order valence-electron chi connectivity index (χ3n) is 1.88. The summed E-state index contributed by atoms with van der Waals surface area (Å²) in [4.78, 5) is 3.06. The van der Waals surface area contributed by atoms with Crippen LogP contribution < -0.4 is 0 Å². The van der Waals surface area contributed by atoms with Crippen LogP contribution in [0.2, 0.25) is 0 Å². The highest BCUT2D eigenvalue weighted by Crippen LogP contribution is 2.05. The molecule has 11 heavy (non-hydrogen) atoms. The normalized spacial score (nSPS) is 10.3. The number of aromatic nitrogens is 1. The van der Waals surface area contributed by atoms with E-state index in [9.17, 15) is 0 Å². The van der Waals surface area contributed by atoms with E-state index in [1.54, 1.807) is 0 Å². The molecule has 1 N–H and O–H groups in total. The first-order valence-corrected chi connectivity index (χ1v) is 4.34. The Labute approximate surface area is 68.8 Å². The standard InChI is InChI=1S/C10H16N/c1-2-3-4-5-6-10-7-8-11-9-10/h7-9,11H,1-6H2. The summed E-state index contributed by atoms with van der Waals surface area (Å²) >= 11 is 0. The molecule has 0 saturated heterocycles. The van der Waals surface area contributed by atoms with Crippen molar-refractivity contribution in [1.82, 2.24) is 4.98 Å². The first kappa shape index (κ1) is 8.38. The second-order valence-corrected chi connectivity index (χ2v) is 2.88. The number of rotatable bonds is 5. The second-order valence-electron chi connectivity index (χ2n) is 2.88. The summed E-state index contributed by atoms with van der Waals surface area (Å²) in [7, 11) is 0. The molecule has 0 saturated carbocycles. The average molecular weight is 150 g/mol. The van der Waals surface area contributed by atoms with E-state index in [-0.39, 0.29) is 0 Å². The van der Waals surface area contributed by atoms with Crippen molar-refractivity contribution in [2.24, 2.45) is 0 Å². The Morgan fingerprint density at radius 1 is 1.27 bits per heavy atom. The van der Waals surface area contributed by atoms with Gasteiger partial charge in [-0.25, -0.2) is 0 Å². The first-order chi connectivity index (χ1) is 5.43. The van der Waals surface area contributed by atoms with Crippen LogP contribution in [0.25, 0.3) is 0 Å². The number of H-pyrrole nitrogens is 1. The van der Waals surface area contributed by atoms with E-state index in [2.05, 4.69) is 24.2 Å². The summed E-state index contributed by atoms with van der Waals surface area (Å²) in [5.74, 6) is 0. The highest BCUT2D eigenvalue weighted by atomic mass is 14.6. The maximum atomic E-state index is 3.81. The van der Waals surface area contributed by atoms with Crippen LogP contribution >= 0.6 is 0 Å². The smallest absolute Gasteiger partial charge is 0.00373 e. The van der Waals surface area contributed by atoms with Crippen molar-refractivity contribution in [2.75, 3.05) is 0 Å². The van der Waals surface area contributed by atoms with Crippen molar-refractivity contribution in [3.8, 4) is 0 Å². The van der Waals surface area contributed by atoms with Gasteiger partial charge in [-0.05, 0) is 24.5 Å². The lowest BCUT2D eigenvalue weighted by molar-refractivity contribution is 0.686. The van der Waals surface area contributed by atoms with Gasteiger partial charge in [0.15, 0.2) is 0 Å². The summed E-state index contributed by atoms with van der Waals surface area (Å²) in [5, 5.41) is 0. The zero-order valence-electron chi connectivity index (χ0n) is 6.97. The Bertz CT molecular complexity index is 165. The van der Waals surface area contributed by atoms with E-state index in [4.69, 9.17) is 0 Å². The molecule has 1 aromatic heterocycles. The zero-order chi connectivity index (χ0) is 7.94. The molecule has 1 aromatic rings. The molecule has 1 radical (unpaired) electrons. The summed E-state index contributed by atoms with van der Waals surface area (Å²) in [6.45, 7) is 3.81. The van der Waals surface area contributed by atoms with Crippen molar-refractivity contribution in [3.05, 3.63) is 30.9 Å². The molecule has 0 spiro atoms. The monoisotopic (exact) mass is 150 g/mol. The SMILES string of the molecule is [CH2]CCCCCc1cc[nH]c1. The molecule has 1 rings (SSSR count). The van der Waals surface area contributed by atoms with Crippen LogP contribution in [0.5, 0.6) is 0 Å². The minimum absolute atomic E-state index is 1.08. The predicted molar refractivity (Wildman–Crippen MR) is 48.3 cm³/mol. The maximum absolute atomic E-state index is 3.81. The van der Waals surface area contributed by atoms with Gasteiger partial charge in [0, 0.05) is 12.4 Å². The third-order valence-corrected chi connectivity index (χ3v) is 1.88. The van der Waals surface area contributed by atoms with E-state index in [0.29, 0.717) is 0 Å². The average Bonchev–Trinajstić information content (AvgIpc) is 2.50. The molecule has 0 bridgehead atoms. The van der Waals surface area contributed by atoms with Gasteiger partial charge < -0.3 is 4.98 Å². The van der Waals surface area contributed by atoms with E-state index >= 15 is 0 Å². The lowest BCUT2D eigenvalue weighted by Gasteiger charge is -1.96. The van der Waals surface area contributed by atoms with Gasteiger partial charge in [-0.1, -0.05) is 26.2 Å². The molecule has 1 nitrogen and oxygen atoms in total. The van der Waals surface area contributed by atoms with Crippen LogP contribution in [0.3, 0.4) is 0 Å². The minimum atomic E-state index is 1.08. The van der Waals surface area contributed by atoms with Gasteiger partial charge in [0.25, 0.3) is 0 Å². The number of unbranched alkanes of at least 4 members (excludes halogenated alkanes) is 3. The molecule has 0 amide bonds. The van der Waals surface area contributed by atoms with E-state index < -0.39 is 0 Å². The molecule has 0 unspecified atom stereocenters. The zero-order valence-corrected chi connectivity index (χ0v) is 6.97. The molecule has 1 heteroatoms.